The maximum absolute atomic E-state index is 10.7. The number of rotatable bonds is 22. The summed E-state index contributed by atoms with van der Waals surface area (Å²) < 4.78 is 0. The van der Waals surface area contributed by atoms with Crippen molar-refractivity contribution in [3.05, 3.63) is 0 Å². The molecule has 0 amide bonds. The maximum Gasteiger partial charge on any atom is 0.122 e. The van der Waals surface area contributed by atoms with E-state index in [2.05, 4.69) is 41.5 Å². The van der Waals surface area contributed by atoms with E-state index in [9.17, 15) is 4.79 Å². The molecule has 0 fully saturated rings. The fourth-order valence-corrected chi connectivity index (χ4v) is 4.92. The Balaban J connectivity index is 3.56. The zero-order valence-electron chi connectivity index (χ0n) is 22.8. The van der Waals surface area contributed by atoms with Gasteiger partial charge in [0.1, 0.15) is 6.29 Å². The van der Waals surface area contributed by atoms with Gasteiger partial charge in [-0.2, -0.15) is 0 Å². The number of hydrogen-bond acceptors (Lipinski definition) is 1. The third-order valence-corrected chi connectivity index (χ3v) is 7.50. The summed E-state index contributed by atoms with van der Waals surface area (Å²) >= 11 is 0. The minimum absolute atomic E-state index is 0.248. The van der Waals surface area contributed by atoms with Crippen LogP contribution in [-0.4, -0.2) is 6.29 Å². The van der Waals surface area contributed by atoms with Crippen molar-refractivity contribution in [2.45, 2.75) is 151 Å². The quantitative estimate of drug-likeness (QED) is 0.122. The van der Waals surface area contributed by atoms with E-state index in [1.54, 1.807) is 0 Å². The topological polar surface area (TPSA) is 17.1 Å². The van der Waals surface area contributed by atoms with Gasteiger partial charge in [0.25, 0.3) is 0 Å². The molecule has 0 spiro atoms. The molecule has 0 rings (SSSR count). The van der Waals surface area contributed by atoms with Gasteiger partial charge < -0.3 is 4.79 Å². The molecule has 186 valence electrons. The third-order valence-electron chi connectivity index (χ3n) is 7.50. The molecule has 0 aromatic heterocycles. The van der Waals surface area contributed by atoms with Crippen LogP contribution < -0.4 is 0 Å². The van der Waals surface area contributed by atoms with Crippen molar-refractivity contribution in [3.63, 3.8) is 0 Å². The molecule has 0 saturated carbocycles. The molecule has 0 aliphatic carbocycles. The van der Waals surface area contributed by atoms with Gasteiger partial charge >= 0.3 is 0 Å². The summed E-state index contributed by atoms with van der Waals surface area (Å²) in [6, 6.07) is 0. The highest BCUT2D eigenvalue weighted by Crippen LogP contribution is 2.24. The molecule has 5 unspecified atom stereocenters. The van der Waals surface area contributed by atoms with Crippen molar-refractivity contribution in [2.75, 3.05) is 0 Å². The van der Waals surface area contributed by atoms with Crippen molar-refractivity contribution in [1.29, 1.82) is 0 Å². The summed E-state index contributed by atoms with van der Waals surface area (Å²) in [6.45, 7) is 16.5. The molecule has 0 aromatic rings. The molecule has 0 radical (unpaired) electrons. The number of aldehydes is 1. The second-order valence-corrected chi connectivity index (χ2v) is 11.9. The lowest BCUT2D eigenvalue weighted by molar-refractivity contribution is -0.110. The number of carbonyl (C=O) groups excluding carboxylic acids is 1. The summed E-state index contributed by atoms with van der Waals surface area (Å²) in [5, 5.41) is 0. The molecule has 0 saturated heterocycles. The van der Waals surface area contributed by atoms with Gasteiger partial charge in [-0.3, -0.25) is 0 Å². The van der Waals surface area contributed by atoms with Gasteiger partial charge in [0.2, 0.25) is 0 Å². The van der Waals surface area contributed by atoms with E-state index >= 15 is 0 Å². The van der Waals surface area contributed by atoms with Crippen LogP contribution in [0.4, 0.5) is 0 Å². The van der Waals surface area contributed by atoms with Crippen molar-refractivity contribution in [3.8, 4) is 0 Å². The minimum Gasteiger partial charge on any atom is -0.303 e. The van der Waals surface area contributed by atoms with Gasteiger partial charge in [-0.15, -0.1) is 0 Å². The lowest BCUT2D eigenvalue weighted by Gasteiger charge is -2.16. The van der Waals surface area contributed by atoms with E-state index < -0.39 is 0 Å². The molecular formula is C30H60O. The van der Waals surface area contributed by atoms with Crippen LogP contribution in [0.3, 0.4) is 0 Å². The average molecular weight is 437 g/mol. The molecule has 1 nitrogen and oxygen atoms in total. The molecule has 0 heterocycles. The van der Waals surface area contributed by atoms with Gasteiger partial charge in [-0.1, -0.05) is 145 Å². The third kappa shape index (κ3) is 21.3. The van der Waals surface area contributed by atoms with Crippen LogP contribution in [0.25, 0.3) is 0 Å². The Morgan fingerprint density at radius 3 is 1.03 bits per heavy atom. The highest BCUT2D eigenvalue weighted by Gasteiger charge is 2.09. The van der Waals surface area contributed by atoms with E-state index in [4.69, 9.17) is 0 Å². The fraction of sp³-hybridized carbons (Fsp3) is 0.967. The van der Waals surface area contributed by atoms with Crippen LogP contribution in [0.5, 0.6) is 0 Å². The van der Waals surface area contributed by atoms with Crippen LogP contribution in [0.1, 0.15) is 151 Å². The molecule has 0 bridgehead atoms. The first kappa shape index (κ1) is 30.7. The van der Waals surface area contributed by atoms with Gasteiger partial charge in [-0.25, -0.2) is 0 Å². The predicted molar refractivity (Wildman–Crippen MR) is 141 cm³/mol. The lowest BCUT2D eigenvalue weighted by Crippen LogP contribution is -2.02. The summed E-state index contributed by atoms with van der Waals surface area (Å²) in [4.78, 5) is 10.7. The molecule has 5 atom stereocenters. The second kappa shape index (κ2) is 20.3. The normalized spacial score (nSPS) is 16.8. The first-order chi connectivity index (χ1) is 14.7. The summed E-state index contributed by atoms with van der Waals surface area (Å²) in [7, 11) is 0. The Hall–Kier alpha value is -0.330. The van der Waals surface area contributed by atoms with E-state index in [1.807, 2.05) is 6.92 Å². The largest absolute Gasteiger partial charge is 0.303 e. The highest BCUT2D eigenvalue weighted by molar-refractivity contribution is 5.52. The molecule has 0 aromatic carbocycles. The van der Waals surface area contributed by atoms with E-state index in [0.717, 1.165) is 42.3 Å². The fourth-order valence-electron chi connectivity index (χ4n) is 4.92. The standard InChI is InChI=1S/C30H60O/c1-25(2)14-10-17-28(5)20-11-18-26(3)15-8-9-16-27(4)19-12-21-29(6)22-13-23-30(7)24-31/h24-30H,8-23H2,1-7H3. The van der Waals surface area contributed by atoms with Gasteiger partial charge in [0.15, 0.2) is 0 Å². The Kier molecular flexibility index (Phi) is 20.1. The van der Waals surface area contributed by atoms with Gasteiger partial charge in [-0.05, 0) is 36.0 Å². The molecule has 0 aliphatic heterocycles. The first-order valence-electron chi connectivity index (χ1n) is 14.2. The molecule has 0 N–H and O–H groups in total. The SMILES string of the molecule is CC(C)CCCC(C)CCCC(C)CCCCC(C)CCCC(C)CCCC(C)C=O. The van der Waals surface area contributed by atoms with E-state index in [0.29, 0.717) is 0 Å². The van der Waals surface area contributed by atoms with Crippen LogP contribution in [0.2, 0.25) is 0 Å². The van der Waals surface area contributed by atoms with Crippen LogP contribution in [0, 0.1) is 35.5 Å². The lowest BCUT2D eigenvalue weighted by atomic mass is 9.90. The maximum atomic E-state index is 10.7. The Morgan fingerprint density at radius 2 is 0.710 bits per heavy atom. The number of hydrogen-bond donors (Lipinski definition) is 0. The van der Waals surface area contributed by atoms with Crippen LogP contribution >= 0.6 is 0 Å². The molecular weight excluding hydrogens is 376 g/mol. The zero-order chi connectivity index (χ0) is 23.5. The van der Waals surface area contributed by atoms with Crippen LogP contribution in [-0.2, 0) is 4.79 Å². The molecule has 1 heteroatoms. The Morgan fingerprint density at radius 1 is 0.419 bits per heavy atom. The second-order valence-electron chi connectivity index (χ2n) is 11.9. The number of carbonyl (C=O) groups is 1. The monoisotopic (exact) mass is 436 g/mol. The van der Waals surface area contributed by atoms with Crippen molar-refractivity contribution in [2.24, 2.45) is 35.5 Å². The van der Waals surface area contributed by atoms with Crippen LogP contribution in [0.15, 0.2) is 0 Å². The zero-order valence-corrected chi connectivity index (χ0v) is 22.8. The van der Waals surface area contributed by atoms with Gasteiger partial charge in [0.05, 0.1) is 0 Å². The van der Waals surface area contributed by atoms with Crippen molar-refractivity contribution in [1.82, 2.24) is 0 Å². The smallest absolute Gasteiger partial charge is 0.122 e. The van der Waals surface area contributed by atoms with E-state index in [1.165, 1.54) is 96.3 Å². The summed E-state index contributed by atoms with van der Waals surface area (Å²) in [5.74, 6) is 4.68. The van der Waals surface area contributed by atoms with Gasteiger partial charge in [0, 0.05) is 5.92 Å². The molecule has 31 heavy (non-hydrogen) atoms. The Labute approximate surface area is 197 Å². The van der Waals surface area contributed by atoms with Crippen molar-refractivity contribution < 1.29 is 4.79 Å². The molecule has 0 aliphatic rings. The highest BCUT2D eigenvalue weighted by atomic mass is 16.1. The predicted octanol–water partition coefficient (Wildman–Crippen LogP) is 10.3. The number of unbranched alkanes of at least 4 members (excludes halogenated alkanes) is 1. The summed E-state index contributed by atoms with van der Waals surface area (Å²) in [5.41, 5.74) is 0. The first-order valence-corrected chi connectivity index (χ1v) is 14.2. The average Bonchev–Trinajstić information content (AvgIpc) is 2.70. The Bertz CT molecular complexity index is 388. The minimum atomic E-state index is 0.248. The van der Waals surface area contributed by atoms with E-state index in [-0.39, 0.29) is 5.92 Å². The summed E-state index contributed by atoms with van der Waals surface area (Å²) in [6.07, 6.45) is 23.1. The van der Waals surface area contributed by atoms with Crippen molar-refractivity contribution >= 4 is 6.29 Å².